The van der Waals surface area contributed by atoms with Gasteiger partial charge >= 0.3 is 0 Å². The highest BCUT2D eigenvalue weighted by molar-refractivity contribution is 7.89. The maximum Gasteiger partial charge on any atom is 0.243 e. The predicted octanol–water partition coefficient (Wildman–Crippen LogP) is 1.46. The van der Waals surface area contributed by atoms with Crippen LogP contribution in [-0.4, -0.2) is 44.9 Å². The van der Waals surface area contributed by atoms with Gasteiger partial charge in [0.05, 0.1) is 4.90 Å². The second kappa shape index (κ2) is 6.30. The van der Waals surface area contributed by atoms with Gasteiger partial charge in [-0.3, -0.25) is 4.98 Å². The van der Waals surface area contributed by atoms with Crippen LogP contribution in [0.3, 0.4) is 0 Å². The number of hydrogen-bond donors (Lipinski definition) is 1. The largest absolute Gasteiger partial charge is 0.320 e. The Morgan fingerprint density at radius 1 is 1.30 bits per heavy atom. The normalized spacial score (nSPS) is 12.2. The Bertz CT molecular complexity index is 680. The van der Waals surface area contributed by atoms with Crippen LogP contribution in [-0.2, 0) is 10.0 Å². The highest BCUT2D eigenvalue weighted by Gasteiger charge is 2.22. The van der Waals surface area contributed by atoms with Crippen LogP contribution in [0.2, 0.25) is 0 Å². The molecule has 0 aliphatic heterocycles. The van der Waals surface area contributed by atoms with Crippen molar-refractivity contribution in [1.29, 1.82) is 0 Å². The van der Waals surface area contributed by atoms with E-state index in [4.69, 9.17) is 0 Å². The molecule has 108 valence electrons. The molecule has 5 nitrogen and oxygen atoms in total. The summed E-state index contributed by atoms with van der Waals surface area (Å²) in [4.78, 5) is 4.36. The Morgan fingerprint density at radius 3 is 2.85 bits per heavy atom. The molecule has 0 aliphatic rings. The Morgan fingerprint density at radius 2 is 2.10 bits per heavy atom. The van der Waals surface area contributed by atoms with E-state index in [1.165, 1.54) is 4.31 Å². The summed E-state index contributed by atoms with van der Waals surface area (Å²) in [5.41, 5.74) is 0. The van der Waals surface area contributed by atoms with Crippen molar-refractivity contribution in [2.75, 3.05) is 27.2 Å². The first kappa shape index (κ1) is 14.9. The van der Waals surface area contributed by atoms with Crippen molar-refractivity contribution in [3.63, 3.8) is 0 Å². The van der Waals surface area contributed by atoms with Crippen molar-refractivity contribution in [2.24, 2.45) is 0 Å². The first-order chi connectivity index (χ1) is 9.57. The van der Waals surface area contributed by atoms with Crippen molar-refractivity contribution in [3.8, 4) is 0 Å². The van der Waals surface area contributed by atoms with E-state index in [2.05, 4.69) is 10.3 Å². The van der Waals surface area contributed by atoms with Gasteiger partial charge in [0.15, 0.2) is 0 Å². The van der Waals surface area contributed by atoms with Gasteiger partial charge in [-0.05, 0) is 32.1 Å². The van der Waals surface area contributed by atoms with Crippen LogP contribution >= 0.6 is 0 Å². The number of aromatic nitrogens is 1. The Labute approximate surface area is 119 Å². The first-order valence-corrected chi connectivity index (χ1v) is 7.95. The maximum atomic E-state index is 12.6. The minimum Gasteiger partial charge on any atom is -0.320 e. The Hall–Kier alpha value is -1.50. The van der Waals surface area contributed by atoms with Gasteiger partial charge in [0.2, 0.25) is 10.0 Å². The number of hydrogen-bond acceptors (Lipinski definition) is 4. The van der Waals surface area contributed by atoms with Crippen LogP contribution in [0.25, 0.3) is 10.8 Å². The predicted molar refractivity (Wildman–Crippen MR) is 80.1 cm³/mol. The summed E-state index contributed by atoms with van der Waals surface area (Å²) >= 11 is 0. The van der Waals surface area contributed by atoms with Crippen molar-refractivity contribution in [2.45, 2.75) is 11.3 Å². The van der Waals surface area contributed by atoms with E-state index < -0.39 is 10.0 Å². The van der Waals surface area contributed by atoms with Gasteiger partial charge in [0.25, 0.3) is 0 Å². The number of benzene rings is 1. The van der Waals surface area contributed by atoms with E-state index in [0.717, 1.165) is 18.4 Å². The minimum absolute atomic E-state index is 0.337. The lowest BCUT2D eigenvalue weighted by atomic mass is 10.2. The van der Waals surface area contributed by atoms with E-state index in [9.17, 15) is 8.42 Å². The summed E-state index contributed by atoms with van der Waals surface area (Å²) < 4.78 is 26.7. The van der Waals surface area contributed by atoms with Crippen LogP contribution in [0.1, 0.15) is 6.42 Å². The number of pyridine rings is 1. The molecule has 0 saturated heterocycles. The van der Waals surface area contributed by atoms with Gasteiger partial charge in [-0.2, -0.15) is 0 Å². The highest BCUT2D eigenvalue weighted by Crippen LogP contribution is 2.24. The molecule has 1 aromatic carbocycles. The lowest BCUT2D eigenvalue weighted by molar-refractivity contribution is 0.458. The number of sulfonamides is 1. The zero-order valence-electron chi connectivity index (χ0n) is 11.7. The number of nitrogens with one attached hydrogen (secondary N) is 1. The van der Waals surface area contributed by atoms with E-state index in [1.807, 2.05) is 13.1 Å². The number of fused-ring (bicyclic) bond motifs is 1. The monoisotopic (exact) mass is 293 g/mol. The fraction of sp³-hybridized carbons (Fsp3) is 0.357. The standard InChI is InChI=1S/C14H19N3O2S/c1-15-8-4-10-17(2)20(18,19)14-6-3-5-12-11-16-9-7-13(12)14/h3,5-7,9,11,15H,4,8,10H2,1-2H3. The van der Waals surface area contributed by atoms with Crippen molar-refractivity contribution in [3.05, 3.63) is 36.7 Å². The highest BCUT2D eigenvalue weighted by atomic mass is 32.2. The van der Waals surface area contributed by atoms with Crippen molar-refractivity contribution >= 4 is 20.8 Å². The molecule has 0 saturated carbocycles. The fourth-order valence-electron chi connectivity index (χ4n) is 2.08. The van der Waals surface area contributed by atoms with Gasteiger partial charge < -0.3 is 5.32 Å². The van der Waals surface area contributed by atoms with Gasteiger partial charge in [-0.25, -0.2) is 12.7 Å². The summed E-state index contributed by atoms with van der Waals surface area (Å²) in [5, 5.41) is 4.56. The molecule has 2 rings (SSSR count). The zero-order chi connectivity index (χ0) is 14.6. The van der Waals surface area contributed by atoms with E-state index in [1.54, 1.807) is 37.6 Å². The topological polar surface area (TPSA) is 62.3 Å². The average molecular weight is 293 g/mol. The summed E-state index contributed by atoms with van der Waals surface area (Å²) in [5.74, 6) is 0. The molecule has 1 aromatic heterocycles. The van der Waals surface area contributed by atoms with Crippen molar-refractivity contribution in [1.82, 2.24) is 14.6 Å². The molecular weight excluding hydrogens is 274 g/mol. The van der Waals surface area contributed by atoms with Crippen LogP contribution < -0.4 is 5.32 Å². The van der Waals surface area contributed by atoms with Crippen molar-refractivity contribution < 1.29 is 8.42 Å². The zero-order valence-corrected chi connectivity index (χ0v) is 12.5. The second-order valence-electron chi connectivity index (χ2n) is 4.64. The molecular formula is C14H19N3O2S. The average Bonchev–Trinajstić information content (AvgIpc) is 2.46. The molecule has 0 aliphatic carbocycles. The molecule has 2 aromatic rings. The quantitative estimate of drug-likeness (QED) is 0.819. The molecule has 0 unspecified atom stereocenters. The summed E-state index contributed by atoms with van der Waals surface area (Å²) in [6, 6.07) is 7.00. The minimum atomic E-state index is -3.47. The van der Waals surface area contributed by atoms with Gasteiger partial charge in [-0.1, -0.05) is 12.1 Å². The number of nitrogens with zero attached hydrogens (tertiary/aromatic N) is 2. The SMILES string of the molecule is CNCCCN(C)S(=O)(=O)c1cccc2cnccc12. The Kier molecular flexibility index (Phi) is 4.69. The molecule has 1 heterocycles. The summed E-state index contributed by atoms with van der Waals surface area (Å²) in [7, 11) is 0.00120. The maximum absolute atomic E-state index is 12.6. The molecule has 1 N–H and O–H groups in total. The van der Waals surface area contributed by atoms with E-state index in [-0.39, 0.29) is 0 Å². The molecule has 0 spiro atoms. The van der Waals surface area contributed by atoms with Crippen LogP contribution in [0.5, 0.6) is 0 Å². The lowest BCUT2D eigenvalue weighted by Crippen LogP contribution is -2.29. The third kappa shape index (κ3) is 2.98. The van der Waals surface area contributed by atoms with Crippen LogP contribution in [0, 0.1) is 0 Å². The van der Waals surface area contributed by atoms with Gasteiger partial charge in [0, 0.05) is 36.8 Å². The van der Waals surface area contributed by atoms with Gasteiger partial charge in [-0.15, -0.1) is 0 Å². The molecule has 0 bridgehead atoms. The number of rotatable bonds is 6. The lowest BCUT2D eigenvalue weighted by Gasteiger charge is -2.18. The first-order valence-electron chi connectivity index (χ1n) is 6.51. The Balaban J connectivity index is 2.37. The van der Waals surface area contributed by atoms with Gasteiger partial charge in [0.1, 0.15) is 0 Å². The summed E-state index contributed by atoms with van der Waals surface area (Å²) in [6.45, 7) is 1.28. The molecule has 0 fully saturated rings. The third-order valence-electron chi connectivity index (χ3n) is 3.23. The molecule has 20 heavy (non-hydrogen) atoms. The molecule has 6 heteroatoms. The molecule has 0 atom stereocenters. The molecule has 0 radical (unpaired) electrons. The van der Waals surface area contributed by atoms with Crippen LogP contribution in [0.15, 0.2) is 41.6 Å². The third-order valence-corrected chi connectivity index (χ3v) is 5.14. The fourth-order valence-corrected chi connectivity index (χ4v) is 3.50. The van der Waals surface area contributed by atoms with E-state index in [0.29, 0.717) is 16.8 Å². The summed E-state index contributed by atoms with van der Waals surface area (Å²) in [6.07, 6.45) is 4.07. The smallest absolute Gasteiger partial charge is 0.243 e. The second-order valence-corrected chi connectivity index (χ2v) is 6.65. The molecule has 0 amide bonds. The van der Waals surface area contributed by atoms with Crippen LogP contribution in [0.4, 0.5) is 0 Å². The van der Waals surface area contributed by atoms with E-state index >= 15 is 0 Å².